The lowest BCUT2D eigenvalue weighted by atomic mass is 9.75. The lowest BCUT2D eigenvalue weighted by molar-refractivity contribution is -0.151. The van der Waals surface area contributed by atoms with Crippen molar-refractivity contribution in [1.82, 2.24) is 0 Å². The third kappa shape index (κ3) is 2.45. The van der Waals surface area contributed by atoms with E-state index in [1.807, 2.05) is 18.2 Å². The van der Waals surface area contributed by atoms with Crippen LogP contribution in [0.15, 0.2) is 22.7 Å². The van der Waals surface area contributed by atoms with Gasteiger partial charge in [0, 0.05) is 23.6 Å². The van der Waals surface area contributed by atoms with E-state index in [9.17, 15) is 4.79 Å². The van der Waals surface area contributed by atoms with Crippen molar-refractivity contribution in [2.75, 3.05) is 14.2 Å². The van der Waals surface area contributed by atoms with Crippen molar-refractivity contribution >= 4 is 21.7 Å². The molecule has 0 aromatic heterocycles. The van der Waals surface area contributed by atoms with Crippen LogP contribution < -0.4 is 4.74 Å². The summed E-state index contributed by atoms with van der Waals surface area (Å²) >= 11 is 3.42. The minimum atomic E-state index is -0.548. The van der Waals surface area contributed by atoms with Gasteiger partial charge in [-0.3, -0.25) is 4.79 Å². The number of halogens is 1. The summed E-state index contributed by atoms with van der Waals surface area (Å²) in [6.45, 7) is 0. The third-order valence-electron chi connectivity index (χ3n) is 3.65. The van der Waals surface area contributed by atoms with Gasteiger partial charge in [-0.05, 0) is 37.5 Å². The number of ether oxygens (including phenoxy) is 2. The summed E-state index contributed by atoms with van der Waals surface area (Å²) in [4.78, 5) is 12.3. The molecule has 1 aliphatic carbocycles. The fourth-order valence-corrected chi connectivity index (χ4v) is 2.72. The zero-order valence-corrected chi connectivity index (χ0v) is 12.2. The van der Waals surface area contributed by atoms with Crippen LogP contribution in [0.5, 0.6) is 5.75 Å². The van der Waals surface area contributed by atoms with Crippen LogP contribution in [0.4, 0.5) is 0 Å². The molecule has 0 aliphatic heterocycles. The van der Waals surface area contributed by atoms with Crippen LogP contribution in [0.2, 0.25) is 0 Å². The molecular weight excluding hydrogens is 296 g/mol. The Labute approximate surface area is 116 Å². The van der Waals surface area contributed by atoms with E-state index in [0.29, 0.717) is 6.42 Å². The van der Waals surface area contributed by atoms with Gasteiger partial charge in [-0.2, -0.15) is 0 Å². The molecule has 1 aliphatic rings. The molecule has 1 fully saturated rings. The van der Waals surface area contributed by atoms with Gasteiger partial charge in [-0.25, -0.2) is 0 Å². The Bertz CT molecular complexity index is 447. The molecular formula is C14H17BrO3. The van der Waals surface area contributed by atoms with E-state index in [1.54, 1.807) is 14.2 Å². The van der Waals surface area contributed by atoms with Crippen molar-refractivity contribution in [1.29, 1.82) is 0 Å². The third-order valence-corrected chi connectivity index (χ3v) is 4.15. The van der Waals surface area contributed by atoms with Crippen molar-refractivity contribution in [2.45, 2.75) is 31.3 Å². The molecule has 1 aromatic rings. The zero-order chi connectivity index (χ0) is 13.2. The summed E-state index contributed by atoms with van der Waals surface area (Å²) < 4.78 is 11.6. The smallest absolute Gasteiger partial charge is 0.169 e. The number of ketones is 1. The fraction of sp³-hybridized carbons (Fsp3) is 0.500. The number of rotatable bonds is 5. The number of hydrogen-bond donors (Lipinski definition) is 0. The topological polar surface area (TPSA) is 35.5 Å². The first kappa shape index (κ1) is 13.6. The Balaban J connectivity index is 2.18. The summed E-state index contributed by atoms with van der Waals surface area (Å²) in [6, 6.07) is 5.70. The summed E-state index contributed by atoms with van der Waals surface area (Å²) in [5.74, 6) is 0.893. The molecule has 0 radical (unpaired) electrons. The fourth-order valence-electron chi connectivity index (χ4n) is 2.31. The molecule has 0 amide bonds. The highest BCUT2D eigenvalue weighted by Gasteiger charge is 2.43. The zero-order valence-electron chi connectivity index (χ0n) is 10.7. The highest BCUT2D eigenvalue weighted by atomic mass is 79.9. The van der Waals surface area contributed by atoms with Gasteiger partial charge in [0.2, 0.25) is 0 Å². The van der Waals surface area contributed by atoms with Gasteiger partial charge >= 0.3 is 0 Å². The predicted octanol–water partition coefficient (Wildman–Crippen LogP) is 3.14. The number of carbonyl (C=O) groups is 1. The van der Waals surface area contributed by atoms with Gasteiger partial charge in [-0.1, -0.05) is 15.9 Å². The first-order chi connectivity index (χ1) is 8.61. The van der Waals surface area contributed by atoms with Crippen LogP contribution in [-0.4, -0.2) is 25.6 Å². The minimum Gasteiger partial charge on any atom is -0.496 e. The summed E-state index contributed by atoms with van der Waals surface area (Å²) in [7, 11) is 3.24. The average molecular weight is 313 g/mol. The molecule has 1 saturated carbocycles. The molecule has 0 bridgehead atoms. The Morgan fingerprint density at radius 1 is 1.39 bits per heavy atom. The first-order valence-electron chi connectivity index (χ1n) is 6.02. The van der Waals surface area contributed by atoms with E-state index in [0.717, 1.165) is 35.0 Å². The number of Topliss-reactive ketones (excluding diaryl/α,β-unsaturated/α-hetero) is 1. The van der Waals surface area contributed by atoms with Crippen molar-refractivity contribution in [2.24, 2.45) is 0 Å². The van der Waals surface area contributed by atoms with Crippen LogP contribution >= 0.6 is 15.9 Å². The van der Waals surface area contributed by atoms with Gasteiger partial charge in [0.15, 0.2) is 5.78 Å². The summed E-state index contributed by atoms with van der Waals surface area (Å²) in [6.07, 6.45) is 3.09. The molecule has 0 spiro atoms. The maximum absolute atomic E-state index is 12.3. The molecule has 0 saturated heterocycles. The van der Waals surface area contributed by atoms with Crippen molar-refractivity contribution in [3.05, 3.63) is 28.2 Å². The molecule has 1 aromatic carbocycles. The van der Waals surface area contributed by atoms with Crippen LogP contribution in [0, 0.1) is 0 Å². The van der Waals surface area contributed by atoms with E-state index in [1.165, 1.54) is 0 Å². The maximum atomic E-state index is 12.3. The number of carbonyl (C=O) groups excluding carboxylic acids is 1. The average Bonchev–Trinajstić information content (AvgIpc) is 2.28. The van der Waals surface area contributed by atoms with Crippen molar-refractivity contribution < 1.29 is 14.3 Å². The Kier molecular flexibility index (Phi) is 4.07. The first-order valence-corrected chi connectivity index (χ1v) is 6.81. The van der Waals surface area contributed by atoms with Gasteiger partial charge in [0.25, 0.3) is 0 Å². The molecule has 0 N–H and O–H groups in total. The number of benzene rings is 1. The largest absolute Gasteiger partial charge is 0.496 e. The predicted molar refractivity (Wildman–Crippen MR) is 73.0 cm³/mol. The number of hydrogen-bond acceptors (Lipinski definition) is 3. The molecule has 3 nitrogen and oxygen atoms in total. The Morgan fingerprint density at radius 3 is 2.61 bits per heavy atom. The second-order valence-electron chi connectivity index (χ2n) is 4.61. The van der Waals surface area contributed by atoms with E-state index in [2.05, 4.69) is 15.9 Å². The number of methoxy groups -OCH3 is 2. The molecule has 0 heterocycles. The SMILES string of the molecule is COc1ccc(Br)cc1CC(=O)C1(OC)CCC1. The monoisotopic (exact) mass is 312 g/mol. The normalized spacial score (nSPS) is 17.1. The Morgan fingerprint density at radius 2 is 2.11 bits per heavy atom. The van der Waals surface area contributed by atoms with E-state index >= 15 is 0 Å². The quantitative estimate of drug-likeness (QED) is 0.838. The second-order valence-corrected chi connectivity index (χ2v) is 5.52. The molecule has 4 heteroatoms. The van der Waals surface area contributed by atoms with Crippen molar-refractivity contribution in [3.63, 3.8) is 0 Å². The van der Waals surface area contributed by atoms with Gasteiger partial charge in [-0.15, -0.1) is 0 Å². The van der Waals surface area contributed by atoms with Crippen LogP contribution in [0.1, 0.15) is 24.8 Å². The highest BCUT2D eigenvalue weighted by Crippen LogP contribution is 2.37. The summed E-state index contributed by atoms with van der Waals surface area (Å²) in [5, 5.41) is 0. The molecule has 98 valence electrons. The van der Waals surface area contributed by atoms with Crippen LogP contribution in [0.3, 0.4) is 0 Å². The highest BCUT2D eigenvalue weighted by molar-refractivity contribution is 9.10. The molecule has 0 atom stereocenters. The van der Waals surface area contributed by atoms with Gasteiger partial charge in [0.1, 0.15) is 11.4 Å². The van der Waals surface area contributed by atoms with Gasteiger partial charge < -0.3 is 9.47 Å². The second kappa shape index (κ2) is 5.41. The molecule has 0 unspecified atom stereocenters. The maximum Gasteiger partial charge on any atom is 0.169 e. The van der Waals surface area contributed by atoms with Crippen molar-refractivity contribution in [3.8, 4) is 5.75 Å². The van der Waals surface area contributed by atoms with Crippen LogP contribution in [0.25, 0.3) is 0 Å². The minimum absolute atomic E-state index is 0.146. The van der Waals surface area contributed by atoms with E-state index in [4.69, 9.17) is 9.47 Å². The lowest BCUT2D eigenvalue weighted by Gasteiger charge is -2.39. The molecule has 2 rings (SSSR count). The Hall–Kier alpha value is -0.870. The van der Waals surface area contributed by atoms with Gasteiger partial charge in [0.05, 0.1) is 7.11 Å². The van der Waals surface area contributed by atoms with E-state index in [-0.39, 0.29) is 5.78 Å². The standard InChI is InChI=1S/C14H17BrO3/c1-17-12-5-4-11(15)8-10(12)9-13(16)14(18-2)6-3-7-14/h4-5,8H,3,6-7,9H2,1-2H3. The van der Waals surface area contributed by atoms with E-state index < -0.39 is 5.60 Å². The summed E-state index contributed by atoms with van der Waals surface area (Å²) in [5.41, 5.74) is 0.355. The van der Waals surface area contributed by atoms with Crippen LogP contribution in [-0.2, 0) is 16.0 Å². The lowest BCUT2D eigenvalue weighted by Crippen LogP contribution is -2.47. The molecule has 18 heavy (non-hydrogen) atoms.